The Morgan fingerprint density at radius 2 is 2.12 bits per heavy atom. The summed E-state index contributed by atoms with van der Waals surface area (Å²) in [7, 11) is 1.45. The number of halogens is 1. The van der Waals surface area contributed by atoms with Gasteiger partial charge in [0.05, 0.1) is 33.7 Å². The van der Waals surface area contributed by atoms with Crippen molar-refractivity contribution in [3.63, 3.8) is 0 Å². The van der Waals surface area contributed by atoms with Crippen LogP contribution < -0.4 is 26.2 Å². The van der Waals surface area contributed by atoms with Gasteiger partial charge in [-0.05, 0) is 36.8 Å². The molecule has 3 heterocycles. The molecule has 182 valence electrons. The Bertz CT molecular complexity index is 1080. The number of hydrogen-bond acceptors (Lipinski definition) is 8. The van der Waals surface area contributed by atoms with E-state index < -0.39 is 12.2 Å². The van der Waals surface area contributed by atoms with Crippen molar-refractivity contribution >= 4 is 57.9 Å². The van der Waals surface area contributed by atoms with Crippen LogP contribution in [0, 0.1) is 0 Å². The zero-order valence-electron chi connectivity index (χ0n) is 18.6. The molecule has 4 rings (SSSR count). The van der Waals surface area contributed by atoms with Gasteiger partial charge >= 0.3 is 6.09 Å². The smallest absolute Gasteiger partial charge is 0.414 e. The molecule has 2 unspecified atom stereocenters. The van der Waals surface area contributed by atoms with E-state index in [1.54, 1.807) is 24.3 Å². The normalized spacial score (nSPS) is 19.9. The third kappa shape index (κ3) is 5.61. The minimum Gasteiger partial charge on any atom is -0.442 e. The first-order chi connectivity index (χ1) is 16.3. The van der Waals surface area contributed by atoms with E-state index in [1.165, 1.54) is 23.3 Å². The largest absolute Gasteiger partial charge is 0.442 e. The van der Waals surface area contributed by atoms with Crippen LogP contribution in [0.1, 0.15) is 16.1 Å². The number of benzene rings is 1. The van der Waals surface area contributed by atoms with Gasteiger partial charge in [-0.1, -0.05) is 11.6 Å². The summed E-state index contributed by atoms with van der Waals surface area (Å²) in [6, 6.07) is 8.77. The molecule has 2 aliphatic rings. The lowest BCUT2D eigenvalue weighted by molar-refractivity contribution is -0.119. The van der Waals surface area contributed by atoms with E-state index in [-0.39, 0.29) is 37.6 Å². The Balaban J connectivity index is 1.46. The predicted octanol–water partition coefficient (Wildman–Crippen LogP) is 2.28. The monoisotopic (exact) mass is 507 g/mol. The molecule has 2 aliphatic heterocycles. The molecule has 2 atom stereocenters. The summed E-state index contributed by atoms with van der Waals surface area (Å²) >= 11 is 7.06. The number of cyclic esters (lactones) is 1. The van der Waals surface area contributed by atoms with Gasteiger partial charge < -0.3 is 30.7 Å². The number of carbonyl (C=O) groups excluding carboxylic acids is 3. The highest BCUT2D eigenvalue weighted by Crippen LogP contribution is 2.34. The van der Waals surface area contributed by atoms with Crippen molar-refractivity contribution in [2.24, 2.45) is 5.73 Å². The predicted molar refractivity (Wildman–Crippen MR) is 131 cm³/mol. The number of nitrogens with zero attached hydrogens (tertiary/aromatic N) is 2. The summed E-state index contributed by atoms with van der Waals surface area (Å²) in [5, 5.41) is 5.63. The lowest BCUT2D eigenvalue weighted by Crippen LogP contribution is -2.34. The average molecular weight is 508 g/mol. The van der Waals surface area contributed by atoms with Crippen molar-refractivity contribution < 1.29 is 23.9 Å². The maximum absolute atomic E-state index is 12.6. The maximum Gasteiger partial charge on any atom is 0.414 e. The number of methoxy groups -OCH3 is 1. The van der Waals surface area contributed by atoms with Crippen LogP contribution in [0.5, 0.6) is 0 Å². The van der Waals surface area contributed by atoms with Gasteiger partial charge in [-0.2, -0.15) is 0 Å². The molecule has 0 bridgehead atoms. The van der Waals surface area contributed by atoms with E-state index in [0.29, 0.717) is 27.1 Å². The van der Waals surface area contributed by atoms with Gasteiger partial charge in [0.15, 0.2) is 0 Å². The Hall–Kier alpha value is -2.86. The highest BCUT2D eigenvalue weighted by Gasteiger charge is 2.33. The highest BCUT2D eigenvalue weighted by atomic mass is 35.5. The number of anilines is 3. The molecule has 10 nitrogen and oxygen atoms in total. The second-order valence-electron chi connectivity index (χ2n) is 8.11. The molecule has 3 amide bonds. The van der Waals surface area contributed by atoms with Crippen LogP contribution in [-0.2, 0) is 14.3 Å². The molecule has 0 saturated carbocycles. The van der Waals surface area contributed by atoms with Crippen LogP contribution in [0.3, 0.4) is 0 Å². The number of carbonyl (C=O) groups is 3. The van der Waals surface area contributed by atoms with Crippen LogP contribution in [-0.4, -0.2) is 69.9 Å². The summed E-state index contributed by atoms with van der Waals surface area (Å²) in [6.45, 7) is 1.78. The fourth-order valence-electron chi connectivity index (χ4n) is 3.96. The lowest BCUT2D eigenvalue weighted by Gasteiger charge is -2.24. The molecule has 0 radical (unpaired) electrons. The summed E-state index contributed by atoms with van der Waals surface area (Å²) < 4.78 is 10.9. The van der Waals surface area contributed by atoms with Gasteiger partial charge in [0, 0.05) is 31.9 Å². The van der Waals surface area contributed by atoms with E-state index in [1.807, 2.05) is 6.07 Å². The van der Waals surface area contributed by atoms with E-state index in [0.717, 1.165) is 18.7 Å². The zero-order chi connectivity index (χ0) is 24.2. The van der Waals surface area contributed by atoms with Crippen molar-refractivity contribution in [1.29, 1.82) is 0 Å². The van der Waals surface area contributed by atoms with Crippen LogP contribution in [0.2, 0.25) is 4.34 Å². The van der Waals surface area contributed by atoms with Gasteiger partial charge in [0.2, 0.25) is 5.91 Å². The van der Waals surface area contributed by atoms with Crippen LogP contribution in [0.4, 0.5) is 21.9 Å². The second-order valence-corrected chi connectivity index (χ2v) is 9.82. The van der Waals surface area contributed by atoms with Gasteiger partial charge in [-0.15, -0.1) is 11.3 Å². The topological polar surface area (TPSA) is 126 Å². The number of hydrogen-bond donors (Lipinski definition) is 3. The molecule has 1 aromatic heterocycles. The third-order valence-electron chi connectivity index (χ3n) is 5.57. The number of nitrogens with two attached hydrogens (primary N) is 1. The number of nitrogens with one attached hydrogen (secondary N) is 2. The fraction of sp³-hybridized carbons (Fsp3) is 0.409. The molecule has 2 fully saturated rings. The Kier molecular flexibility index (Phi) is 7.57. The molecule has 12 heteroatoms. The van der Waals surface area contributed by atoms with Gasteiger partial charge in [0.25, 0.3) is 5.91 Å². The third-order valence-corrected chi connectivity index (χ3v) is 6.80. The number of ether oxygens (including phenoxy) is 2. The average Bonchev–Trinajstić information content (AvgIpc) is 3.52. The van der Waals surface area contributed by atoms with Crippen molar-refractivity contribution in [3.8, 4) is 0 Å². The Morgan fingerprint density at radius 3 is 2.79 bits per heavy atom. The number of thiophene rings is 1. The summed E-state index contributed by atoms with van der Waals surface area (Å²) in [5.74, 6) is -0.578. The van der Waals surface area contributed by atoms with Crippen LogP contribution in [0.25, 0.3) is 0 Å². The summed E-state index contributed by atoms with van der Waals surface area (Å²) in [6.07, 6.45) is -0.185. The SMILES string of the molecule is COCC(=O)Nc1cc(N2CC(CNC(=O)c3ccc(Cl)s3)OC2=O)ccc1N1CCC(N)C1. The zero-order valence-corrected chi connectivity index (χ0v) is 20.2. The number of amides is 3. The van der Waals surface area contributed by atoms with E-state index in [4.69, 9.17) is 26.8 Å². The molecule has 34 heavy (non-hydrogen) atoms. The quantitative estimate of drug-likeness (QED) is 0.500. The van der Waals surface area contributed by atoms with Crippen molar-refractivity contribution in [2.45, 2.75) is 18.6 Å². The molecule has 0 aliphatic carbocycles. The minimum atomic E-state index is -0.525. The molecule has 2 saturated heterocycles. The van der Waals surface area contributed by atoms with E-state index >= 15 is 0 Å². The molecular weight excluding hydrogens is 482 g/mol. The standard InChI is InChI=1S/C22H26ClN5O5S/c1-32-12-20(29)26-16-8-14(2-3-17(16)27-7-6-13(24)10-27)28-11-15(33-22(28)31)9-25-21(30)18-4-5-19(23)34-18/h2-5,8,13,15H,6-7,9-12,24H2,1H3,(H,25,30)(H,26,29). The van der Waals surface area contributed by atoms with E-state index in [9.17, 15) is 14.4 Å². The molecular formula is C22H26ClN5O5S. The highest BCUT2D eigenvalue weighted by molar-refractivity contribution is 7.18. The van der Waals surface area contributed by atoms with Gasteiger partial charge in [-0.25, -0.2) is 4.79 Å². The molecule has 4 N–H and O–H groups in total. The first kappa shape index (κ1) is 24.3. The van der Waals surface area contributed by atoms with Crippen LogP contribution >= 0.6 is 22.9 Å². The Labute approximate surface area is 205 Å². The van der Waals surface area contributed by atoms with Crippen molar-refractivity contribution in [3.05, 3.63) is 39.5 Å². The van der Waals surface area contributed by atoms with Gasteiger partial charge in [-0.3, -0.25) is 14.5 Å². The van der Waals surface area contributed by atoms with Crippen molar-refractivity contribution in [1.82, 2.24) is 5.32 Å². The van der Waals surface area contributed by atoms with E-state index in [2.05, 4.69) is 15.5 Å². The van der Waals surface area contributed by atoms with Crippen molar-refractivity contribution in [2.75, 3.05) is 55.0 Å². The maximum atomic E-state index is 12.6. The lowest BCUT2D eigenvalue weighted by atomic mass is 10.2. The van der Waals surface area contributed by atoms with Crippen LogP contribution in [0.15, 0.2) is 30.3 Å². The summed E-state index contributed by atoms with van der Waals surface area (Å²) in [4.78, 5) is 41.1. The molecule has 2 aromatic rings. The fourth-order valence-corrected chi connectivity index (χ4v) is 4.92. The summed E-state index contributed by atoms with van der Waals surface area (Å²) in [5.41, 5.74) is 8.02. The minimum absolute atomic E-state index is 0.0666. The van der Waals surface area contributed by atoms with Gasteiger partial charge in [0.1, 0.15) is 12.7 Å². The number of rotatable bonds is 8. The molecule has 1 aromatic carbocycles. The first-order valence-electron chi connectivity index (χ1n) is 10.8. The second kappa shape index (κ2) is 10.6. The molecule has 0 spiro atoms. The Morgan fingerprint density at radius 1 is 1.29 bits per heavy atom. The first-order valence-corrected chi connectivity index (χ1v) is 12.0.